The van der Waals surface area contributed by atoms with Crippen molar-refractivity contribution >= 4 is 6.21 Å². The SMILES string of the molecule is COCCCC/C=N/OCCN.FC(F)(F)c1ccccc1. The van der Waals surface area contributed by atoms with Crippen LogP contribution in [0.25, 0.3) is 0 Å². The number of alkyl halides is 3. The molecule has 0 aliphatic carbocycles. The minimum Gasteiger partial charge on any atom is -0.395 e. The Balaban J connectivity index is 0.000000406. The molecular formula is C15H23F3N2O2. The third-order valence-electron chi connectivity index (χ3n) is 2.39. The van der Waals surface area contributed by atoms with E-state index in [1.165, 1.54) is 12.1 Å². The van der Waals surface area contributed by atoms with Crippen molar-refractivity contribution in [1.82, 2.24) is 0 Å². The predicted octanol–water partition coefficient (Wildman–Crippen LogP) is 3.47. The molecule has 1 aromatic carbocycles. The summed E-state index contributed by atoms with van der Waals surface area (Å²) in [7, 11) is 1.71. The Hall–Kier alpha value is -1.60. The molecule has 1 aromatic rings. The van der Waals surface area contributed by atoms with Gasteiger partial charge in [0.2, 0.25) is 0 Å². The Morgan fingerprint density at radius 1 is 1.14 bits per heavy atom. The number of hydrogen-bond acceptors (Lipinski definition) is 4. The highest BCUT2D eigenvalue weighted by Crippen LogP contribution is 2.28. The Bertz CT molecular complexity index is 384. The highest BCUT2D eigenvalue weighted by Gasteiger charge is 2.29. The lowest BCUT2D eigenvalue weighted by Gasteiger charge is -2.03. The van der Waals surface area contributed by atoms with Crippen LogP contribution in [0.5, 0.6) is 0 Å². The smallest absolute Gasteiger partial charge is 0.395 e. The molecule has 0 heterocycles. The van der Waals surface area contributed by atoms with Crippen molar-refractivity contribution in [1.29, 1.82) is 0 Å². The van der Waals surface area contributed by atoms with Gasteiger partial charge in [-0.05, 0) is 19.3 Å². The van der Waals surface area contributed by atoms with E-state index in [2.05, 4.69) is 5.16 Å². The average Bonchev–Trinajstić information content (AvgIpc) is 2.51. The van der Waals surface area contributed by atoms with Crippen LogP contribution < -0.4 is 5.73 Å². The molecule has 0 saturated heterocycles. The van der Waals surface area contributed by atoms with Crippen molar-refractivity contribution in [3.05, 3.63) is 35.9 Å². The molecule has 4 nitrogen and oxygen atoms in total. The lowest BCUT2D eigenvalue weighted by molar-refractivity contribution is -0.137. The molecule has 0 fully saturated rings. The molecule has 0 bridgehead atoms. The molecule has 1 rings (SSSR count). The standard InChI is InChI=1S/C8H18N2O2.C7H5F3/c1-11-7-4-2-3-6-10-12-8-5-9;8-7(9,10)6-4-2-1-3-5-6/h6H,2-5,7-9H2,1H3;1-5H/b10-6+;. The monoisotopic (exact) mass is 320 g/mol. The zero-order chi connectivity index (χ0) is 16.7. The number of rotatable bonds is 8. The van der Waals surface area contributed by atoms with Crippen molar-refractivity contribution in [2.75, 3.05) is 26.9 Å². The highest BCUT2D eigenvalue weighted by molar-refractivity contribution is 5.56. The van der Waals surface area contributed by atoms with Crippen LogP contribution >= 0.6 is 0 Å². The van der Waals surface area contributed by atoms with Crippen LogP contribution in [-0.2, 0) is 15.8 Å². The molecule has 0 spiro atoms. The van der Waals surface area contributed by atoms with Crippen LogP contribution in [-0.4, -0.2) is 33.1 Å². The van der Waals surface area contributed by atoms with E-state index in [0.717, 1.165) is 38.0 Å². The molecule has 0 saturated carbocycles. The maximum Gasteiger partial charge on any atom is 0.416 e. The molecule has 0 amide bonds. The quantitative estimate of drug-likeness (QED) is 0.453. The van der Waals surface area contributed by atoms with Gasteiger partial charge in [-0.2, -0.15) is 13.2 Å². The predicted molar refractivity (Wildman–Crippen MR) is 80.7 cm³/mol. The van der Waals surface area contributed by atoms with Gasteiger partial charge in [-0.25, -0.2) is 0 Å². The summed E-state index contributed by atoms with van der Waals surface area (Å²) in [5.74, 6) is 0. The van der Waals surface area contributed by atoms with Crippen molar-refractivity contribution in [3.8, 4) is 0 Å². The van der Waals surface area contributed by atoms with Crippen molar-refractivity contribution in [2.24, 2.45) is 10.9 Å². The second-order valence-electron chi connectivity index (χ2n) is 4.26. The van der Waals surface area contributed by atoms with Crippen LogP contribution in [0.3, 0.4) is 0 Å². The van der Waals surface area contributed by atoms with E-state index in [1.807, 2.05) is 0 Å². The largest absolute Gasteiger partial charge is 0.416 e. The van der Waals surface area contributed by atoms with Crippen molar-refractivity contribution < 1.29 is 22.7 Å². The zero-order valence-corrected chi connectivity index (χ0v) is 12.7. The van der Waals surface area contributed by atoms with E-state index in [4.69, 9.17) is 15.3 Å². The fraction of sp³-hybridized carbons (Fsp3) is 0.533. The number of hydrogen-bond donors (Lipinski definition) is 1. The van der Waals surface area contributed by atoms with Gasteiger partial charge < -0.3 is 15.3 Å². The summed E-state index contributed by atoms with van der Waals surface area (Å²) in [6.45, 7) is 1.83. The summed E-state index contributed by atoms with van der Waals surface area (Å²) in [5.41, 5.74) is 4.59. The molecule has 0 unspecified atom stereocenters. The normalized spacial score (nSPS) is 11.1. The summed E-state index contributed by atoms with van der Waals surface area (Å²) in [6.07, 6.45) is 0.656. The van der Waals surface area contributed by atoms with Crippen molar-refractivity contribution in [3.63, 3.8) is 0 Å². The van der Waals surface area contributed by atoms with E-state index in [1.54, 1.807) is 19.4 Å². The van der Waals surface area contributed by atoms with Gasteiger partial charge in [0.1, 0.15) is 6.61 Å². The molecule has 0 radical (unpaired) electrons. The lowest BCUT2D eigenvalue weighted by atomic mass is 10.2. The first-order valence-corrected chi connectivity index (χ1v) is 6.97. The number of ether oxygens (including phenoxy) is 1. The molecule has 7 heteroatoms. The molecular weight excluding hydrogens is 297 g/mol. The van der Waals surface area contributed by atoms with Gasteiger partial charge in [-0.15, -0.1) is 0 Å². The molecule has 0 atom stereocenters. The van der Waals surface area contributed by atoms with E-state index in [0.29, 0.717) is 13.2 Å². The number of halogens is 3. The molecule has 0 aliphatic rings. The Labute approximate surface area is 129 Å². The summed E-state index contributed by atoms with van der Waals surface area (Å²) in [5, 5.41) is 3.71. The summed E-state index contributed by atoms with van der Waals surface area (Å²) >= 11 is 0. The van der Waals surface area contributed by atoms with E-state index < -0.39 is 11.7 Å². The maximum atomic E-state index is 11.8. The topological polar surface area (TPSA) is 56.8 Å². The van der Waals surface area contributed by atoms with Crippen LogP contribution in [0, 0.1) is 0 Å². The fourth-order valence-electron chi connectivity index (χ4n) is 1.32. The van der Waals surface area contributed by atoms with Crippen LogP contribution in [0.2, 0.25) is 0 Å². The van der Waals surface area contributed by atoms with Crippen LogP contribution in [0.15, 0.2) is 35.5 Å². The number of methoxy groups -OCH3 is 1. The van der Waals surface area contributed by atoms with E-state index in [9.17, 15) is 13.2 Å². The second kappa shape index (κ2) is 13.1. The first kappa shape index (κ1) is 20.4. The second-order valence-corrected chi connectivity index (χ2v) is 4.26. The lowest BCUT2D eigenvalue weighted by Crippen LogP contribution is -2.05. The summed E-state index contributed by atoms with van der Waals surface area (Å²) < 4.78 is 40.3. The first-order valence-electron chi connectivity index (χ1n) is 6.97. The first-order chi connectivity index (χ1) is 10.5. The number of unbranched alkanes of at least 4 members (excludes halogenated alkanes) is 2. The van der Waals surface area contributed by atoms with Gasteiger partial charge in [0.25, 0.3) is 0 Å². The van der Waals surface area contributed by atoms with Gasteiger partial charge in [-0.1, -0.05) is 35.5 Å². The van der Waals surface area contributed by atoms with E-state index >= 15 is 0 Å². The third-order valence-corrected chi connectivity index (χ3v) is 2.39. The highest BCUT2D eigenvalue weighted by atomic mass is 19.4. The number of oxime groups is 1. The third kappa shape index (κ3) is 12.2. The van der Waals surface area contributed by atoms with Gasteiger partial charge in [0, 0.05) is 26.5 Å². The molecule has 0 aromatic heterocycles. The minimum atomic E-state index is -4.21. The van der Waals surface area contributed by atoms with Gasteiger partial charge in [-0.3, -0.25) is 0 Å². The summed E-state index contributed by atoms with van der Waals surface area (Å²) in [6, 6.07) is 6.36. The maximum absolute atomic E-state index is 11.8. The van der Waals surface area contributed by atoms with Gasteiger partial charge >= 0.3 is 6.18 Å². The minimum absolute atomic E-state index is 0.495. The summed E-state index contributed by atoms with van der Waals surface area (Å²) in [4.78, 5) is 4.80. The Morgan fingerprint density at radius 3 is 2.32 bits per heavy atom. The molecule has 2 N–H and O–H groups in total. The Kier molecular flexibility index (Phi) is 12.1. The molecule has 22 heavy (non-hydrogen) atoms. The van der Waals surface area contributed by atoms with Crippen LogP contribution in [0.4, 0.5) is 13.2 Å². The molecule has 0 aliphatic heterocycles. The van der Waals surface area contributed by atoms with E-state index in [-0.39, 0.29) is 0 Å². The van der Waals surface area contributed by atoms with Gasteiger partial charge in [0.15, 0.2) is 0 Å². The van der Waals surface area contributed by atoms with Crippen molar-refractivity contribution in [2.45, 2.75) is 25.4 Å². The molecule has 126 valence electrons. The number of benzene rings is 1. The average molecular weight is 320 g/mol. The fourth-order valence-corrected chi connectivity index (χ4v) is 1.32. The number of nitrogens with zero attached hydrogens (tertiary/aromatic N) is 1. The van der Waals surface area contributed by atoms with Crippen LogP contribution in [0.1, 0.15) is 24.8 Å². The van der Waals surface area contributed by atoms with Gasteiger partial charge in [0.05, 0.1) is 5.56 Å². The zero-order valence-electron chi connectivity index (χ0n) is 12.7. The number of nitrogens with two attached hydrogens (primary N) is 1. The Morgan fingerprint density at radius 2 is 1.82 bits per heavy atom.